The van der Waals surface area contributed by atoms with Gasteiger partial charge in [0.15, 0.2) is 5.82 Å². The maximum atomic E-state index is 11.1. The van der Waals surface area contributed by atoms with Gasteiger partial charge in [0.25, 0.3) is 0 Å². The highest BCUT2D eigenvalue weighted by Crippen LogP contribution is 2.22. The van der Waals surface area contributed by atoms with Crippen molar-refractivity contribution in [1.29, 1.82) is 0 Å². The third-order valence-electron chi connectivity index (χ3n) is 5.99. The SMILES string of the molecule is Nc1ncc(-c2nc(N3CCOCC3)nc(N3CCN(CCCCCC(=O)NO)CC3)n2)cn1. The van der Waals surface area contributed by atoms with E-state index in [4.69, 9.17) is 25.6 Å². The minimum atomic E-state index is -0.327. The van der Waals surface area contributed by atoms with Gasteiger partial charge in [0, 0.05) is 58.1 Å². The van der Waals surface area contributed by atoms with Gasteiger partial charge in [0.2, 0.25) is 23.8 Å². The molecule has 2 aliphatic heterocycles. The molecule has 13 heteroatoms. The lowest BCUT2D eigenvalue weighted by Crippen LogP contribution is -2.47. The van der Waals surface area contributed by atoms with Gasteiger partial charge in [-0.1, -0.05) is 6.42 Å². The van der Waals surface area contributed by atoms with Gasteiger partial charge in [-0.2, -0.15) is 15.0 Å². The average molecular weight is 473 g/mol. The van der Waals surface area contributed by atoms with E-state index in [1.807, 2.05) is 0 Å². The number of carbonyl (C=O) groups is 1. The second kappa shape index (κ2) is 11.8. The van der Waals surface area contributed by atoms with E-state index >= 15 is 0 Å². The fraction of sp³-hybridized carbons (Fsp3) is 0.619. The number of piperazine rings is 1. The van der Waals surface area contributed by atoms with E-state index in [-0.39, 0.29) is 11.9 Å². The third-order valence-corrected chi connectivity index (χ3v) is 5.99. The standard InChI is InChI=1S/C21H32N10O3/c22-19-23-14-16(15-24-19)18-25-20(27-21(26-18)31-10-12-34-13-11-31)30-8-6-29(7-9-30)5-3-1-2-4-17(32)28-33/h14-15,33H,1-13H2,(H,28,32)(H2,22,23,24). The number of rotatable bonds is 9. The van der Waals surface area contributed by atoms with Crippen molar-refractivity contribution in [2.24, 2.45) is 0 Å². The minimum absolute atomic E-state index is 0.208. The summed E-state index contributed by atoms with van der Waals surface area (Å²) < 4.78 is 5.48. The number of nitrogen functional groups attached to an aromatic ring is 1. The van der Waals surface area contributed by atoms with Gasteiger partial charge in [0.1, 0.15) is 0 Å². The Bertz CT molecular complexity index is 931. The van der Waals surface area contributed by atoms with Crippen molar-refractivity contribution >= 4 is 23.8 Å². The van der Waals surface area contributed by atoms with Gasteiger partial charge in [0.05, 0.1) is 18.8 Å². The smallest absolute Gasteiger partial charge is 0.243 e. The predicted octanol–water partition coefficient (Wildman–Crippen LogP) is -0.0648. The van der Waals surface area contributed by atoms with Crippen LogP contribution < -0.4 is 21.0 Å². The highest BCUT2D eigenvalue weighted by atomic mass is 16.5. The molecule has 0 bridgehead atoms. The molecule has 2 saturated heterocycles. The van der Waals surface area contributed by atoms with Crippen molar-refractivity contribution in [3.05, 3.63) is 12.4 Å². The average Bonchev–Trinajstić information content (AvgIpc) is 2.89. The predicted molar refractivity (Wildman–Crippen MR) is 125 cm³/mol. The Kier molecular flexibility index (Phi) is 8.33. The number of nitrogens with one attached hydrogen (secondary N) is 1. The minimum Gasteiger partial charge on any atom is -0.378 e. The molecule has 34 heavy (non-hydrogen) atoms. The van der Waals surface area contributed by atoms with E-state index in [1.54, 1.807) is 17.9 Å². The first-order valence-corrected chi connectivity index (χ1v) is 11.7. The molecule has 4 rings (SSSR count). The maximum absolute atomic E-state index is 11.1. The summed E-state index contributed by atoms with van der Waals surface area (Å²) in [4.78, 5) is 40.2. The molecular formula is C21H32N10O3. The monoisotopic (exact) mass is 472 g/mol. The fourth-order valence-electron chi connectivity index (χ4n) is 4.01. The Morgan fingerprint density at radius 1 is 0.941 bits per heavy atom. The molecule has 2 aromatic heterocycles. The molecule has 0 aromatic carbocycles. The number of hydrogen-bond acceptors (Lipinski definition) is 12. The second-order valence-corrected chi connectivity index (χ2v) is 8.36. The highest BCUT2D eigenvalue weighted by molar-refractivity contribution is 5.74. The number of anilines is 3. The summed E-state index contributed by atoms with van der Waals surface area (Å²) in [6, 6.07) is 0. The molecule has 2 aromatic rings. The van der Waals surface area contributed by atoms with Gasteiger partial charge in [-0.3, -0.25) is 14.9 Å². The summed E-state index contributed by atoms with van der Waals surface area (Å²) in [6.07, 6.45) is 6.37. The van der Waals surface area contributed by atoms with E-state index in [0.29, 0.717) is 42.9 Å². The van der Waals surface area contributed by atoms with Crippen molar-refractivity contribution in [1.82, 2.24) is 35.3 Å². The lowest BCUT2D eigenvalue weighted by atomic mass is 10.1. The number of hydroxylamine groups is 1. The Labute approximate surface area is 198 Å². The lowest BCUT2D eigenvalue weighted by molar-refractivity contribution is -0.129. The van der Waals surface area contributed by atoms with Crippen LogP contribution >= 0.6 is 0 Å². The molecule has 1 amide bonds. The van der Waals surface area contributed by atoms with Gasteiger partial charge < -0.3 is 20.3 Å². The molecule has 0 atom stereocenters. The molecule has 184 valence electrons. The first-order chi connectivity index (χ1) is 16.6. The van der Waals surface area contributed by atoms with E-state index in [9.17, 15) is 4.79 Å². The fourth-order valence-corrected chi connectivity index (χ4v) is 4.01. The van der Waals surface area contributed by atoms with E-state index in [2.05, 4.69) is 29.7 Å². The molecule has 0 saturated carbocycles. The van der Waals surface area contributed by atoms with Crippen LogP contribution in [0.15, 0.2) is 12.4 Å². The van der Waals surface area contributed by atoms with Gasteiger partial charge in [-0.05, 0) is 19.4 Å². The van der Waals surface area contributed by atoms with Crippen molar-refractivity contribution in [3.63, 3.8) is 0 Å². The van der Waals surface area contributed by atoms with Crippen molar-refractivity contribution in [2.45, 2.75) is 25.7 Å². The Morgan fingerprint density at radius 3 is 2.24 bits per heavy atom. The number of hydrogen-bond donors (Lipinski definition) is 3. The third kappa shape index (κ3) is 6.46. The topological polar surface area (TPSA) is 159 Å². The summed E-state index contributed by atoms with van der Waals surface area (Å²) in [5.41, 5.74) is 8.01. The quantitative estimate of drug-likeness (QED) is 0.254. The van der Waals surface area contributed by atoms with E-state index in [0.717, 1.165) is 65.1 Å². The highest BCUT2D eigenvalue weighted by Gasteiger charge is 2.23. The maximum Gasteiger partial charge on any atom is 0.243 e. The number of ether oxygens (including phenoxy) is 1. The number of morpholine rings is 1. The van der Waals surface area contributed by atoms with Crippen LogP contribution in [0.4, 0.5) is 17.8 Å². The van der Waals surface area contributed by atoms with Crippen LogP contribution in [0, 0.1) is 0 Å². The van der Waals surface area contributed by atoms with Crippen LogP contribution in [0.5, 0.6) is 0 Å². The Balaban J connectivity index is 1.39. The second-order valence-electron chi connectivity index (χ2n) is 8.36. The molecule has 0 radical (unpaired) electrons. The number of nitrogens with two attached hydrogens (primary N) is 1. The molecule has 13 nitrogen and oxygen atoms in total. The van der Waals surface area contributed by atoms with Crippen molar-refractivity contribution < 1.29 is 14.7 Å². The number of nitrogens with zero attached hydrogens (tertiary/aromatic N) is 8. The summed E-state index contributed by atoms with van der Waals surface area (Å²) >= 11 is 0. The van der Waals surface area contributed by atoms with Crippen LogP contribution in [0.25, 0.3) is 11.4 Å². The molecule has 2 aliphatic rings. The van der Waals surface area contributed by atoms with E-state index < -0.39 is 0 Å². The van der Waals surface area contributed by atoms with Gasteiger partial charge in [-0.15, -0.1) is 0 Å². The summed E-state index contributed by atoms with van der Waals surface area (Å²) in [5.74, 6) is 1.69. The first-order valence-electron chi connectivity index (χ1n) is 11.7. The zero-order chi connectivity index (χ0) is 23.8. The number of carbonyl (C=O) groups excluding carboxylic acids is 1. The molecule has 4 heterocycles. The summed E-state index contributed by atoms with van der Waals surface area (Å²) in [5, 5.41) is 8.55. The molecule has 2 fully saturated rings. The van der Waals surface area contributed by atoms with Crippen LogP contribution in [-0.2, 0) is 9.53 Å². The Hall–Kier alpha value is -3.16. The zero-order valence-electron chi connectivity index (χ0n) is 19.3. The normalized spacial score (nSPS) is 17.1. The molecule has 0 spiro atoms. The van der Waals surface area contributed by atoms with Crippen LogP contribution in [0.2, 0.25) is 0 Å². The Morgan fingerprint density at radius 2 is 1.59 bits per heavy atom. The summed E-state index contributed by atoms with van der Waals surface area (Å²) in [6.45, 7) is 7.19. The number of unbranched alkanes of at least 4 members (excludes halogenated alkanes) is 2. The first kappa shape index (κ1) is 24.0. The van der Waals surface area contributed by atoms with E-state index in [1.165, 1.54) is 0 Å². The van der Waals surface area contributed by atoms with Crippen LogP contribution in [0.3, 0.4) is 0 Å². The van der Waals surface area contributed by atoms with Gasteiger partial charge >= 0.3 is 0 Å². The number of amides is 1. The summed E-state index contributed by atoms with van der Waals surface area (Å²) in [7, 11) is 0. The molecule has 4 N–H and O–H groups in total. The molecule has 0 aliphatic carbocycles. The lowest BCUT2D eigenvalue weighted by Gasteiger charge is -2.35. The molecule has 0 unspecified atom stereocenters. The van der Waals surface area contributed by atoms with Crippen molar-refractivity contribution in [3.8, 4) is 11.4 Å². The van der Waals surface area contributed by atoms with Crippen molar-refractivity contribution in [2.75, 3.05) is 74.6 Å². The van der Waals surface area contributed by atoms with Crippen LogP contribution in [0.1, 0.15) is 25.7 Å². The largest absolute Gasteiger partial charge is 0.378 e. The number of aromatic nitrogens is 5. The van der Waals surface area contributed by atoms with Crippen LogP contribution in [-0.4, -0.2) is 100.0 Å². The molecular weight excluding hydrogens is 440 g/mol. The zero-order valence-corrected chi connectivity index (χ0v) is 19.3. The van der Waals surface area contributed by atoms with Gasteiger partial charge in [-0.25, -0.2) is 15.4 Å².